The van der Waals surface area contributed by atoms with Crippen molar-refractivity contribution in [3.63, 3.8) is 0 Å². The first-order valence-corrected chi connectivity index (χ1v) is 8.64. The lowest BCUT2D eigenvalue weighted by atomic mass is 10.2. The van der Waals surface area contributed by atoms with Crippen molar-refractivity contribution in [2.24, 2.45) is 0 Å². The van der Waals surface area contributed by atoms with Gasteiger partial charge in [0, 0.05) is 12.1 Å². The van der Waals surface area contributed by atoms with E-state index in [1.54, 1.807) is 36.4 Å². The highest BCUT2D eigenvalue weighted by molar-refractivity contribution is 5.93. The Kier molecular flexibility index (Phi) is 7.49. The van der Waals surface area contributed by atoms with Crippen molar-refractivity contribution in [1.82, 2.24) is 0 Å². The van der Waals surface area contributed by atoms with E-state index < -0.39 is 0 Å². The quantitative estimate of drug-likeness (QED) is 0.407. The molecular formula is C20H24N2O4. The summed E-state index contributed by atoms with van der Waals surface area (Å²) in [5.74, 6) is 0.149. The number of carbonyl (C=O) groups excluding carboxylic acids is 2. The van der Waals surface area contributed by atoms with Gasteiger partial charge in [-0.05, 0) is 49.2 Å². The van der Waals surface area contributed by atoms with Crippen LogP contribution in [0, 0.1) is 0 Å². The van der Waals surface area contributed by atoms with Crippen LogP contribution >= 0.6 is 0 Å². The van der Waals surface area contributed by atoms with E-state index in [1.807, 2.05) is 19.1 Å². The molecule has 0 bridgehead atoms. The second-order valence-corrected chi connectivity index (χ2v) is 5.75. The number of hydrogen-bond acceptors (Lipinski definition) is 5. The number of carbonyl (C=O) groups is 2. The lowest BCUT2D eigenvalue weighted by Crippen LogP contribution is -2.13. The maximum absolute atomic E-state index is 12.0. The number of nitrogen functional groups attached to an aromatic ring is 1. The topological polar surface area (TPSA) is 90.6 Å². The van der Waals surface area contributed by atoms with Crippen LogP contribution in [-0.4, -0.2) is 25.1 Å². The van der Waals surface area contributed by atoms with Crippen LogP contribution in [0.4, 0.5) is 11.4 Å². The number of benzene rings is 2. The SMILES string of the molecule is CCCOC(=O)c1ccc(NC(=O)CCCOc2ccccc2N)cc1. The maximum Gasteiger partial charge on any atom is 0.338 e. The molecule has 2 aromatic rings. The van der Waals surface area contributed by atoms with Crippen molar-refractivity contribution in [2.75, 3.05) is 24.3 Å². The zero-order valence-electron chi connectivity index (χ0n) is 14.9. The van der Waals surface area contributed by atoms with Crippen LogP contribution in [-0.2, 0) is 9.53 Å². The second kappa shape index (κ2) is 10.1. The van der Waals surface area contributed by atoms with Crippen molar-refractivity contribution in [2.45, 2.75) is 26.2 Å². The minimum absolute atomic E-state index is 0.115. The molecule has 2 aromatic carbocycles. The molecule has 26 heavy (non-hydrogen) atoms. The molecule has 0 aliphatic heterocycles. The minimum Gasteiger partial charge on any atom is -0.491 e. The molecule has 0 aliphatic carbocycles. The fourth-order valence-electron chi connectivity index (χ4n) is 2.22. The molecule has 0 spiro atoms. The van der Waals surface area contributed by atoms with Crippen LogP contribution < -0.4 is 15.8 Å². The number of para-hydroxylation sites is 2. The molecule has 0 aromatic heterocycles. The molecule has 0 unspecified atom stereocenters. The standard InChI is InChI=1S/C20H24N2O4/c1-2-13-26-20(24)15-9-11-16(12-10-15)22-19(23)8-5-14-25-18-7-4-3-6-17(18)21/h3-4,6-7,9-12H,2,5,8,13-14,21H2,1H3,(H,22,23). The van der Waals surface area contributed by atoms with E-state index in [-0.39, 0.29) is 11.9 Å². The van der Waals surface area contributed by atoms with Gasteiger partial charge < -0.3 is 20.5 Å². The molecule has 6 heteroatoms. The molecule has 3 N–H and O–H groups in total. The molecule has 138 valence electrons. The Labute approximate surface area is 153 Å². The maximum atomic E-state index is 12.0. The lowest BCUT2D eigenvalue weighted by Gasteiger charge is -2.09. The van der Waals surface area contributed by atoms with Gasteiger partial charge in [-0.15, -0.1) is 0 Å². The van der Waals surface area contributed by atoms with Crippen LogP contribution in [0.25, 0.3) is 0 Å². The molecule has 1 amide bonds. The number of ether oxygens (including phenoxy) is 2. The fraction of sp³-hybridized carbons (Fsp3) is 0.300. The second-order valence-electron chi connectivity index (χ2n) is 5.75. The highest BCUT2D eigenvalue weighted by Gasteiger charge is 2.08. The van der Waals surface area contributed by atoms with Gasteiger partial charge in [0.05, 0.1) is 24.5 Å². The van der Waals surface area contributed by atoms with Crippen LogP contribution in [0.5, 0.6) is 5.75 Å². The Morgan fingerprint density at radius 1 is 1.04 bits per heavy atom. The monoisotopic (exact) mass is 356 g/mol. The molecule has 0 aliphatic rings. The molecule has 0 atom stereocenters. The third-order valence-electron chi connectivity index (χ3n) is 3.57. The minimum atomic E-state index is -0.359. The number of rotatable bonds is 9. The predicted octanol–water partition coefficient (Wildman–Crippen LogP) is 3.63. The molecular weight excluding hydrogens is 332 g/mol. The van der Waals surface area contributed by atoms with Crippen molar-refractivity contribution >= 4 is 23.3 Å². The normalized spacial score (nSPS) is 10.2. The first kappa shape index (κ1) is 19.3. The van der Waals surface area contributed by atoms with Crippen molar-refractivity contribution in [3.05, 3.63) is 54.1 Å². The van der Waals surface area contributed by atoms with Gasteiger partial charge in [-0.2, -0.15) is 0 Å². The van der Waals surface area contributed by atoms with Gasteiger partial charge in [0.1, 0.15) is 5.75 Å². The highest BCUT2D eigenvalue weighted by atomic mass is 16.5. The first-order chi connectivity index (χ1) is 12.6. The van der Waals surface area contributed by atoms with Crippen molar-refractivity contribution < 1.29 is 19.1 Å². The lowest BCUT2D eigenvalue weighted by molar-refractivity contribution is -0.116. The average molecular weight is 356 g/mol. The van der Waals surface area contributed by atoms with Crippen molar-refractivity contribution in [1.29, 1.82) is 0 Å². The number of esters is 1. The van der Waals surface area contributed by atoms with Gasteiger partial charge in [-0.1, -0.05) is 19.1 Å². The van der Waals surface area contributed by atoms with Crippen LogP contribution in [0.1, 0.15) is 36.5 Å². The van der Waals surface area contributed by atoms with Gasteiger partial charge in [-0.25, -0.2) is 4.79 Å². The third kappa shape index (κ3) is 6.12. The summed E-state index contributed by atoms with van der Waals surface area (Å²) < 4.78 is 10.6. The van der Waals surface area contributed by atoms with Gasteiger partial charge in [0.25, 0.3) is 0 Å². The molecule has 6 nitrogen and oxygen atoms in total. The third-order valence-corrected chi connectivity index (χ3v) is 3.57. The van der Waals surface area contributed by atoms with E-state index in [0.717, 1.165) is 6.42 Å². The Balaban J connectivity index is 1.72. The zero-order chi connectivity index (χ0) is 18.8. The zero-order valence-corrected chi connectivity index (χ0v) is 14.9. The number of nitrogens with two attached hydrogens (primary N) is 1. The smallest absolute Gasteiger partial charge is 0.338 e. The fourth-order valence-corrected chi connectivity index (χ4v) is 2.22. The Morgan fingerprint density at radius 2 is 1.77 bits per heavy atom. The van der Waals surface area contributed by atoms with Crippen LogP contribution in [0.2, 0.25) is 0 Å². The Bertz CT molecular complexity index is 729. The van der Waals surface area contributed by atoms with Gasteiger partial charge in [0.2, 0.25) is 5.91 Å². The van der Waals surface area contributed by atoms with Gasteiger partial charge in [0.15, 0.2) is 0 Å². The predicted molar refractivity (Wildman–Crippen MR) is 101 cm³/mol. The summed E-state index contributed by atoms with van der Waals surface area (Å²) in [5.41, 5.74) is 7.46. The Hall–Kier alpha value is -3.02. The molecule has 0 fully saturated rings. The van der Waals surface area contributed by atoms with E-state index >= 15 is 0 Å². The summed E-state index contributed by atoms with van der Waals surface area (Å²) in [4.78, 5) is 23.7. The number of anilines is 2. The molecule has 2 rings (SSSR count). The summed E-state index contributed by atoms with van der Waals surface area (Å²) in [6.07, 6.45) is 1.68. The Morgan fingerprint density at radius 3 is 2.46 bits per heavy atom. The number of nitrogens with one attached hydrogen (secondary N) is 1. The van der Waals surface area contributed by atoms with Crippen LogP contribution in [0.15, 0.2) is 48.5 Å². The van der Waals surface area contributed by atoms with E-state index in [0.29, 0.717) is 48.7 Å². The summed E-state index contributed by atoms with van der Waals surface area (Å²) in [6, 6.07) is 13.9. The summed E-state index contributed by atoms with van der Waals surface area (Å²) in [7, 11) is 0. The summed E-state index contributed by atoms with van der Waals surface area (Å²) in [5, 5.41) is 2.79. The molecule has 0 saturated heterocycles. The largest absolute Gasteiger partial charge is 0.491 e. The average Bonchev–Trinajstić information content (AvgIpc) is 2.65. The summed E-state index contributed by atoms with van der Waals surface area (Å²) >= 11 is 0. The van der Waals surface area contributed by atoms with E-state index in [1.165, 1.54) is 0 Å². The van der Waals surface area contributed by atoms with Gasteiger partial charge >= 0.3 is 5.97 Å². The summed E-state index contributed by atoms with van der Waals surface area (Å²) in [6.45, 7) is 2.74. The van der Waals surface area contributed by atoms with E-state index in [2.05, 4.69) is 5.32 Å². The van der Waals surface area contributed by atoms with E-state index in [9.17, 15) is 9.59 Å². The molecule has 0 heterocycles. The van der Waals surface area contributed by atoms with Crippen molar-refractivity contribution in [3.8, 4) is 5.75 Å². The molecule has 0 radical (unpaired) electrons. The number of amides is 1. The first-order valence-electron chi connectivity index (χ1n) is 8.64. The van der Waals surface area contributed by atoms with E-state index in [4.69, 9.17) is 15.2 Å². The highest BCUT2D eigenvalue weighted by Crippen LogP contribution is 2.20. The van der Waals surface area contributed by atoms with Crippen LogP contribution in [0.3, 0.4) is 0 Å². The van der Waals surface area contributed by atoms with Gasteiger partial charge in [-0.3, -0.25) is 4.79 Å². The number of hydrogen-bond donors (Lipinski definition) is 2. The molecule has 0 saturated carbocycles.